The zero-order valence-electron chi connectivity index (χ0n) is 22.7. The number of fused-ring (bicyclic) bond motifs is 3. The van der Waals surface area contributed by atoms with E-state index in [4.69, 9.17) is 9.72 Å². The monoisotopic (exact) mass is 517 g/mol. The van der Waals surface area contributed by atoms with Crippen molar-refractivity contribution < 1.29 is 14.3 Å². The first kappa shape index (κ1) is 25.2. The number of pyridine rings is 1. The molecule has 2 unspecified atom stereocenters. The molecule has 3 saturated heterocycles. The van der Waals surface area contributed by atoms with E-state index in [1.165, 1.54) is 5.56 Å². The van der Waals surface area contributed by atoms with E-state index >= 15 is 0 Å². The Morgan fingerprint density at radius 2 is 1.76 bits per heavy atom. The van der Waals surface area contributed by atoms with Crippen molar-refractivity contribution in [3.8, 4) is 5.75 Å². The van der Waals surface area contributed by atoms with Gasteiger partial charge in [-0.2, -0.15) is 0 Å². The highest BCUT2D eigenvalue weighted by molar-refractivity contribution is 5.97. The van der Waals surface area contributed by atoms with Gasteiger partial charge in [0, 0.05) is 67.0 Å². The molecule has 5 heterocycles. The van der Waals surface area contributed by atoms with Crippen molar-refractivity contribution in [3.63, 3.8) is 0 Å². The van der Waals surface area contributed by atoms with Crippen LogP contribution in [0.3, 0.4) is 0 Å². The Labute approximate surface area is 225 Å². The van der Waals surface area contributed by atoms with Crippen molar-refractivity contribution >= 4 is 17.6 Å². The minimum absolute atomic E-state index is 0.00841. The van der Waals surface area contributed by atoms with Crippen LogP contribution in [0.2, 0.25) is 0 Å². The number of ether oxygens (including phenoxy) is 1. The fourth-order valence-electron chi connectivity index (χ4n) is 6.90. The molecule has 2 aromatic rings. The highest BCUT2D eigenvalue weighted by Gasteiger charge is 2.42. The number of hydrogen-bond donors (Lipinski definition) is 2. The number of hydrogen-bond acceptors (Lipinski definition) is 6. The van der Waals surface area contributed by atoms with Gasteiger partial charge in [-0.15, -0.1) is 0 Å². The third-order valence-electron chi connectivity index (χ3n) is 8.98. The third kappa shape index (κ3) is 4.75. The lowest BCUT2D eigenvalue weighted by Crippen LogP contribution is -2.50. The van der Waals surface area contributed by atoms with Gasteiger partial charge in [-0.3, -0.25) is 14.5 Å². The molecule has 38 heavy (non-hydrogen) atoms. The predicted octanol–water partition coefficient (Wildman–Crippen LogP) is 3.47. The summed E-state index contributed by atoms with van der Waals surface area (Å²) in [6.07, 6.45) is 7.62. The van der Waals surface area contributed by atoms with E-state index in [2.05, 4.69) is 34.3 Å². The first-order valence-electron chi connectivity index (χ1n) is 14.2. The number of benzene rings is 1. The van der Waals surface area contributed by atoms with Crippen molar-refractivity contribution in [2.24, 2.45) is 0 Å². The Bertz CT molecular complexity index is 1200. The zero-order chi connectivity index (χ0) is 26.4. The summed E-state index contributed by atoms with van der Waals surface area (Å²) >= 11 is 0. The van der Waals surface area contributed by atoms with Crippen LogP contribution in [0.4, 0.5) is 5.82 Å². The quantitative estimate of drug-likeness (QED) is 0.610. The van der Waals surface area contributed by atoms with Crippen molar-refractivity contribution in [3.05, 3.63) is 52.7 Å². The van der Waals surface area contributed by atoms with E-state index in [1.54, 1.807) is 6.20 Å². The van der Waals surface area contributed by atoms with Crippen molar-refractivity contribution in [2.75, 3.05) is 24.6 Å². The molecule has 8 heteroatoms. The van der Waals surface area contributed by atoms with Gasteiger partial charge >= 0.3 is 0 Å². The fraction of sp³-hybridized carbons (Fsp3) is 0.567. The molecule has 0 spiro atoms. The molecule has 8 nitrogen and oxygen atoms in total. The lowest BCUT2D eigenvalue weighted by Gasteiger charge is -2.40. The maximum absolute atomic E-state index is 13.2. The minimum Gasteiger partial charge on any atom is -0.493 e. The maximum atomic E-state index is 13.2. The number of likely N-dealkylation sites (tertiary alicyclic amines) is 1. The van der Waals surface area contributed by atoms with E-state index < -0.39 is 0 Å². The molecule has 0 radical (unpaired) electrons. The molecule has 2 bridgehead atoms. The molecular formula is C30H39N5O3. The van der Waals surface area contributed by atoms with Gasteiger partial charge in [-0.1, -0.05) is 6.07 Å². The van der Waals surface area contributed by atoms with Crippen molar-refractivity contribution in [1.82, 2.24) is 20.5 Å². The van der Waals surface area contributed by atoms with E-state index in [9.17, 15) is 9.59 Å². The number of rotatable bonds is 6. The van der Waals surface area contributed by atoms with Crippen LogP contribution in [-0.4, -0.2) is 71.6 Å². The number of carbonyl (C=O) groups excluding carboxylic acids is 2. The van der Waals surface area contributed by atoms with Gasteiger partial charge in [0.25, 0.3) is 11.8 Å². The van der Waals surface area contributed by atoms with Crippen LogP contribution in [0.1, 0.15) is 77.8 Å². The number of carbonyl (C=O) groups is 2. The number of aromatic nitrogens is 1. The molecule has 0 aliphatic carbocycles. The zero-order valence-corrected chi connectivity index (χ0v) is 22.7. The molecule has 6 rings (SSSR count). The summed E-state index contributed by atoms with van der Waals surface area (Å²) in [6, 6.07) is 9.39. The SMILES string of the molecule is Cc1c(C(=O)NC2CC3CCC(C2)N3c2ccc(C(=O)N[C@H]3CCN(C(C)C)C3)cn2)ccc2c1OCC2. The summed E-state index contributed by atoms with van der Waals surface area (Å²) < 4.78 is 5.77. The second-order valence-corrected chi connectivity index (χ2v) is 11.7. The van der Waals surface area contributed by atoms with Crippen LogP contribution < -0.4 is 20.3 Å². The van der Waals surface area contributed by atoms with E-state index in [0.717, 1.165) is 68.7 Å². The fourth-order valence-corrected chi connectivity index (χ4v) is 6.90. The van der Waals surface area contributed by atoms with Crippen molar-refractivity contribution in [1.29, 1.82) is 0 Å². The summed E-state index contributed by atoms with van der Waals surface area (Å²) in [6.45, 7) is 9.00. The van der Waals surface area contributed by atoms with Gasteiger partial charge < -0.3 is 20.3 Å². The number of anilines is 1. The maximum Gasteiger partial charge on any atom is 0.253 e. The van der Waals surface area contributed by atoms with Crippen LogP contribution in [0.15, 0.2) is 30.5 Å². The molecule has 4 aliphatic rings. The summed E-state index contributed by atoms with van der Waals surface area (Å²) in [7, 11) is 0. The molecule has 2 N–H and O–H groups in total. The summed E-state index contributed by atoms with van der Waals surface area (Å²) in [5, 5.41) is 6.49. The summed E-state index contributed by atoms with van der Waals surface area (Å²) in [4.78, 5) is 35.5. The Balaban J connectivity index is 1.06. The third-order valence-corrected chi connectivity index (χ3v) is 8.98. The van der Waals surface area contributed by atoms with E-state index in [1.807, 2.05) is 31.2 Å². The minimum atomic E-state index is -0.0451. The van der Waals surface area contributed by atoms with Crippen LogP contribution in [0, 0.1) is 6.92 Å². The first-order chi connectivity index (χ1) is 18.4. The highest BCUT2D eigenvalue weighted by atomic mass is 16.5. The molecule has 0 saturated carbocycles. The van der Waals surface area contributed by atoms with Crippen LogP contribution in [0.25, 0.3) is 0 Å². The van der Waals surface area contributed by atoms with E-state index in [0.29, 0.717) is 35.9 Å². The normalized spacial score (nSPS) is 26.4. The van der Waals surface area contributed by atoms with Crippen LogP contribution in [-0.2, 0) is 6.42 Å². The molecule has 202 valence electrons. The van der Waals surface area contributed by atoms with Gasteiger partial charge in [0.2, 0.25) is 0 Å². The lowest BCUT2D eigenvalue weighted by molar-refractivity contribution is 0.0921. The molecule has 4 aliphatic heterocycles. The Morgan fingerprint density at radius 1 is 1.00 bits per heavy atom. The second-order valence-electron chi connectivity index (χ2n) is 11.7. The molecule has 3 atom stereocenters. The Morgan fingerprint density at radius 3 is 2.45 bits per heavy atom. The van der Waals surface area contributed by atoms with Crippen molar-refractivity contribution in [2.45, 2.75) is 89.5 Å². The number of piperidine rings is 1. The Hall–Kier alpha value is -3.13. The smallest absolute Gasteiger partial charge is 0.253 e. The van der Waals surface area contributed by atoms with Crippen LogP contribution >= 0.6 is 0 Å². The summed E-state index contributed by atoms with van der Waals surface area (Å²) in [5.74, 6) is 1.76. The molecule has 1 aromatic carbocycles. The molecule has 1 aromatic heterocycles. The van der Waals surface area contributed by atoms with Gasteiger partial charge in [0.15, 0.2) is 0 Å². The molecule has 2 amide bonds. The average molecular weight is 518 g/mol. The first-order valence-corrected chi connectivity index (χ1v) is 14.2. The summed E-state index contributed by atoms with van der Waals surface area (Å²) in [5.41, 5.74) is 3.46. The molecular weight excluding hydrogens is 478 g/mol. The largest absolute Gasteiger partial charge is 0.493 e. The number of nitrogens with one attached hydrogen (secondary N) is 2. The average Bonchev–Trinajstić information content (AvgIpc) is 3.63. The van der Waals surface area contributed by atoms with Gasteiger partial charge in [-0.25, -0.2) is 4.98 Å². The number of nitrogens with zero attached hydrogens (tertiary/aromatic N) is 3. The Kier molecular flexibility index (Phi) is 6.76. The van der Waals surface area contributed by atoms with E-state index in [-0.39, 0.29) is 23.9 Å². The van der Waals surface area contributed by atoms with Crippen LogP contribution in [0.5, 0.6) is 5.75 Å². The van der Waals surface area contributed by atoms with Gasteiger partial charge in [-0.05, 0) is 76.6 Å². The number of amides is 2. The standard InChI is InChI=1S/C30H39N5O3/c1-18(2)34-12-10-22(17-34)32-29(36)21-5-9-27(31-16-21)35-24-6-7-25(35)15-23(14-24)33-30(37)26-8-4-20-11-13-38-28(20)19(26)3/h4-5,8-9,16,18,22-25H,6-7,10-15,17H2,1-3H3,(H,32,36)(H,33,37)/t22-,23?,24?,25?/m0/s1. The second kappa shape index (κ2) is 10.2. The molecule has 3 fully saturated rings. The predicted molar refractivity (Wildman–Crippen MR) is 147 cm³/mol. The van der Waals surface area contributed by atoms with Gasteiger partial charge in [0.1, 0.15) is 11.6 Å². The lowest BCUT2D eigenvalue weighted by atomic mass is 9.96. The highest BCUT2D eigenvalue weighted by Crippen LogP contribution is 2.39. The topological polar surface area (TPSA) is 86.8 Å². The van der Waals surface area contributed by atoms with Gasteiger partial charge in [0.05, 0.1) is 12.2 Å².